The molecule has 3 aromatic heterocycles. The van der Waals surface area contributed by atoms with Crippen molar-refractivity contribution in [1.82, 2.24) is 24.8 Å². The van der Waals surface area contributed by atoms with Crippen LogP contribution < -0.4 is 10.6 Å². The Bertz CT molecular complexity index is 1310. The van der Waals surface area contributed by atoms with Crippen LogP contribution in [0, 0.1) is 5.82 Å². The molecule has 1 aromatic carbocycles. The molecule has 0 unspecified atom stereocenters. The van der Waals surface area contributed by atoms with Crippen LogP contribution >= 0.6 is 11.6 Å². The average molecular weight is 451 g/mol. The number of halogens is 2. The molecule has 0 bridgehead atoms. The van der Waals surface area contributed by atoms with Gasteiger partial charge < -0.3 is 15.2 Å². The number of hydrogen-bond acceptors (Lipinski definition) is 5. The Kier molecular flexibility index (Phi) is 5.22. The first-order valence-corrected chi connectivity index (χ1v) is 10.6. The number of aryl methyl sites for hydroxylation is 1. The van der Waals surface area contributed by atoms with Gasteiger partial charge in [-0.2, -0.15) is 0 Å². The summed E-state index contributed by atoms with van der Waals surface area (Å²) in [5.41, 5.74) is 3.71. The van der Waals surface area contributed by atoms with E-state index in [1.165, 1.54) is 30.5 Å². The van der Waals surface area contributed by atoms with E-state index < -0.39 is 5.82 Å². The number of para-hydroxylation sites is 1. The molecule has 1 aliphatic carbocycles. The molecule has 1 fully saturated rings. The van der Waals surface area contributed by atoms with Crippen molar-refractivity contribution in [2.75, 3.05) is 5.32 Å². The number of pyridine rings is 2. The Morgan fingerprint density at radius 2 is 2.09 bits per heavy atom. The molecular formula is C23H20ClFN6O. The highest BCUT2D eigenvalue weighted by Gasteiger charge is 2.26. The van der Waals surface area contributed by atoms with E-state index in [2.05, 4.69) is 31.7 Å². The molecule has 2 N–H and O–H groups in total. The minimum Gasteiger partial charge on any atom is -0.345 e. The normalized spacial score (nSPS) is 13.3. The summed E-state index contributed by atoms with van der Waals surface area (Å²) in [5, 5.41) is 6.07. The third-order valence-electron chi connectivity index (χ3n) is 5.56. The maximum Gasteiger partial charge on any atom is 0.270 e. The van der Waals surface area contributed by atoms with Crippen LogP contribution in [0.3, 0.4) is 0 Å². The fourth-order valence-corrected chi connectivity index (χ4v) is 3.88. The van der Waals surface area contributed by atoms with E-state index in [-0.39, 0.29) is 22.3 Å². The van der Waals surface area contributed by atoms with Gasteiger partial charge in [-0.1, -0.05) is 23.7 Å². The number of aromatic nitrogens is 4. The molecule has 0 radical (unpaired) electrons. The summed E-state index contributed by atoms with van der Waals surface area (Å²) >= 11 is 6.11. The second kappa shape index (κ2) is 8.20. The first-order valence-electron chi connectivity index (χ1n) is 10.3. The van der Waals surface area contributed by atoms with Crippen LogP contribution in [0.5, 0.6) is 0 Å². The van der Waals surface area contributed by atoms with E-state index in [1.54, 1.807) is 36.1 Å². The fourth-order valence-electron chi connectivity index (χ4n) is 3.67. The Balaban J connectivity index is 1.36. The molecule has 1 amide bonds. The number of hydrogen-bond donors (Lipinski definition) is 2. The van der Waals surface area contributed by atoms with Crippen molar-refractivity contribution in [3.8, 4) is 0 Å². The van der Waals surface area contributed by atoms with Gasteiger partial charge in [-0.3, -0.25) is 9.78 Å². The first-order chi connectivity index (χ1) is 15.5. The van der Waals surface area contributed by atoms with E-state index in [0.29, 0.717) is 29.4 Å². The van der Waals surface area contributed by atoms with Crippen molar-refractivity contribution in [3.05, 3.63) is 76.6 Å². The number of rotatable bonds is 6. The molecule has 1 aliphatic rings. The first kappa shape index (κ1) is 20.4. The Morgan fingerprint density at radius 3 is 2.88 bits per heavy atom. The molecule has 0 saturated heterocycles. The molecule has 0 atom stereocenters. The van der Waals surface area contributed by atoms with Crippen molar-refractivity contribution in [2.24, 2.45) is 7.05 Å². The lowest BCUT2D eigenvalue weighted by Gasteiger charge is -2.09. The van der Waals surface area contributed by atoms with Crippen LogP contribution in [0.15, 0.2) is 48.8 Å². The van der Waals surface area contributed by atoms with E-state index in [0.717, 1.165) is 5.69 Å². The summed E-state index contributed by atoms with van der Waals surface area (Å²) < 4.78 is 15.9. The molecule has 0 aliphatic heterocycles. The third-order valence-corrected chi connectivity index (χ3v) is 5.87. The lowest BCUT2D eigenvalue weighted by molar-refractivity contribution is 0.0945. The fraction of sp³-hybridized carbons (Fsp3) is 0.217. The summed E-state index contributed by atoms with van der Waals surface area (Å²) in [5.74, 6) is 0.140. The van der Waals surface area contributed by atoms with E-state index in [1.807, 2.05) is 6.07 Å². The Hall–Kier alpha value is -3.52. The minimum absolute atomic E-state index is 0.139. The lowest BCUT2D eigenvalue weighted by Crippen LogP contribution is -2.24. The molecule has 0 spiro atoms. The zero-order chi connectivity index (χ0) is 22.2. The van der Waals surface area contributed by atoms with Crippen LogP contribution in [-0.2, 0) is 13.6 Å². The topological polar surface area (TPSA) is 84.7 Å². The van der Waals surface area contributed by atoms with Gasteiger partial charge >= 0.3 is 0 Å². The summed E-state index contributed by atoms with van der Waals surface area (Å²) in [6, 6.07) is 10.0. The zero-order valence-electron chi connectivity index (χ0n) is 17.3. The SMILES string of the molecule is Cn1c(Nc2c(F)cccc2Cl)nc2cc(C(=O)NCc3ncccc3C3CC3)ncc21. The molecule has 7 nitrogen and oxygen atoms in total. The second-order valence-electron chi connectivity index (χ2n) is 7.77. The molecule has 5 rings (SSSR count). The number of nitrogens with zero attached hydrogens (tertiary/aromatic N) is 4. The van der Waals surface area contributed by atoms with Gasteiger partial charge in [0.1, 0.15) is 11.5 Å². The summed E-state index contributed by atoms with van der Waals surface area (Å²) in [7, 11) is 1.77. The highest BCUT2D eigenvalue weighted by atomic mass is 35.5. The van der Waals surface area contributed by atoms with Crippen LogP contribution in [-0.4, -0.2) is 25.4 Å². The van der Waals surface area contributed by atoms with Gasteiger partial charge in [0.2, 0.25) is 5.95 Å². The molecule has 3 heterocycles. The summed E-state index contributed by atoms with van der Waals surface area (Å²) in [6.07, 6.45) is 5.64. The third kappa shape index (κ3) is 3.89. The van der Waals surface area contributed by atoms with E-state index in [9.17, 15) is 9.18 Å². The number of benzene rings is 1. The minimum atomic E-state index is -0.483. The Labute approximate surface area is 188 Å². The molecular weight excluding hydrogens is 431 g/mol. The van der Waals surface area contributed by atoms with Gasteiger partial charge in [-0.15, -0.1) is 0 Å². The lowest BCUT2D eigenvalue weighted by atomic mass is 10.1. The van der Waals surface area contributed by atoms with E-state index in [4.69, 9.17) is 11.6 Å². The predicted molar refractivity (Wildman–Crippen MR) is 121 cm³/mol. The number of nitrogens with one attached hydrogen (secondary N) is 2. The second-order valence-corrected chi connectivity index (χ2v) is 8.18. The number of fused-ring (bicyclic) bond motifs is 1. The number of imidazole rings is 1. The molecule has 1 saturated carbocycles. The van der Waals surface area contributed by atoms with Crippen molar-refractivity contribution in [1.29, 1.82) is 0 Å². The van der Waals surface area contributed by atoms with Crippen molar-refractivity contribution >= 4 is 40.2 Å². The summed E-state index contributed by atoms with van der Waals surface area (Å²) in [6.45, 7) is 0.339. The number of carbonyl (C=O) groups is 1. The maximum atomic E-state index is 14.1. The predicted octanol–water partition coefficient (Wildman–Crippen LogP) is 4.71. The van der Waals surface area contributed by atoms with Gasteiger partial charge in [0.05, 0.1) is 40.2 Å². The smallest absolute Gasteiger partial charge is 0.270 e. The van der Waals surface area contributed by atoms with Gasteiger partial charge in [0, 0.05) is 13.2 Å². The van der Waals surface area contributed by atoms with Crippen molar-refractivity contribution in [3.63, 3.8) is 0 Å². The number of amides is 1. The molecule has 9 heteroatoms. The van der Waals surface area contributed by atoms with Gasteiger partial charge in [0.25, 0.3) is 5.91 Å². The highest BCUT2D eigenvalue weighted by molar-refractivity contribution is 6.33. The van der Waals surface area contributed by atoms with Gasteiger partial charge in [0.15, 0.2) is 0 Å². The van der Waals surface area contributed by atoms with Gasteiger partial charge in [-0.25, -0.2) is 14.4 Å². The molecule has 4 aromatic rings. The van der Waals surface area contributed by atoms with Crippen molar-refractivity contribution < 1.29 is 9.18 Å². The Morgan fingerprint density at radius 1 is 1.25 bits per heavy atom. The maximum absolute atomic E-state index is 14.1. The van der Waals surface area contributed by atoms with Crippen molar-refractivity contribution in [2.45, 2.75) is 25.3 Å². The monoisotopic (exact) mass is 450 g/mol. The average Bonchev–Trinajstić information content (AvgIpc) is 3.59. The van der Waals surface area contributed by atoms with Crippen LogP contribution in [0.4, 0.5) is 16.0 Å². The summed E-state index contributed by atoms with van der Waals surface area (Å²) in [4.78, 5) is 25.9. The highest BCUT2D eigenvalue weighted by Crippen LogP contribution is 2.41. The van der Waals surface area contributed by atoms with Gasteiger partial charge in [-0.05, 0) is 48.6 Å². The number of carbonyl (C=O) groups excluding carboxylic acids is 1. The zero-order valence-corrected chi connectivity index (χ0v) is 18.0. The largest absolute Gasteiger partial charge is 0.345 e. The van der Waals surface area contributed by atoms with E-state index >= 15 is 0 Å². The number of anilines is 2. The quantitative estimate of drug-likeness (QED) is 0.444. The van der Waals surface area contributed by atoms with Crippen LogP contribution in [0.2, 0.25) is 5.02 Å². The standard InChI is InChI=1S/C23H20ClFN6O/c1-31-20-12-27-18(22(32)28-11-19-14(13-7-8-13)4-3-9-26-19)10-17(20)29-23(31)30-21-15(24)5-2-6-16(21)25/h2-6,9-10,12-13H,7-8,11H2,1H3,(H,28,32)(H,29,30). The van der Waals surface area contributed by atoms with Crippen LogP contribution in [0.1, 0.15) is 40.5 Å². The molecule has 32 heavy (non-hydrogen) atoms. The van der Waals surface area contributed by atoms with Crippen LogP contribution in [0.25, 0.3) is 11.0 Å². The molecule has 162 valence electrons.